The zero-order valence-electron chi connectivity index (χ0n) is 10.8. The predicted octanol–water partition coefficient (Wildman–Crippen LogP) is 4.24. The van der Waals surface area contributed by atoms with E-state index in [-0.39, 0.29) is 0 Å². The second-order valence-corrected chi connectivity index (χ2v) is 6.10. The van der Waals surface area contributed by atoms with Crippen molar-refractivity contribution in [2.75, 3.05) is 0 Å². The monoisotopic (exact) mass is 256 g/mol. The maximum atomic E-state index is 9.22. The Morgan fingerprint density at radius 2 is 1.94 bits per heavy atom. The Bertz CT molecular complexity index is 599. The topological polar surface area (TPSA) is 36.7 Å². The third-order valence-corrected chi connectivity index (χ3v) is 4.43. The van der Waals surface area contributed by atoms with Gasteiger partial charge in [0.2, 0.25) is 0 Å². The SMILES string of the molecule is CC(C)C(C)Sc1cc(C#N)c2ccccc2n1. The van der Waals surface area contributed by atoms with Gasteiger partial charge in [-0.05, 0) is 18.1 Å². The fraction of sp³-hybridized carbons (Fsp3) is 0.333. The number of thioether (sulfide) groups is 1. The molecular weight excluding hydrogens is 240 g/mol. The summed E-state index contributed by atoms with van der Waals surface area (Å²) in [5.74, 6) is 0.591. The standard InChI is InChI=1S/C15H16N2S/c1-10(2)11(3)18-15-8-12(9-16)13-6-4-5-7-14(13)17-15/h4-8,10-11H,1-3H3. The highest BCUT2D eigenvalue weighted by Crippen LogP contribution is 2.29. The number of fused-ring (bicyclic) bond motifs is 1. The molecule has 92 valence electrons. The molecular formula is C15H16N2S. The Balaban J connectivity index is 2.45. The zero-order chi connectivity index (χ0) is 13.1. The number of nitriles is 1. The van der Waals surface area contributed by atoms with Gasteiger partial charge in [0, 0.05) is 10.6 Å². The van der Waals surface area contributed by atoms with Crippen molar-refractivity contribution in [2.45, 2.75) is 31.0 Å². The van der Waals surface area contributed by atoms with E-state index in [1.54, 1.807) is 11.8 Å². The third kappa shape index (κ3) is 2.65. The number of aromatic nitrogens is 1. The summed E-state index contributed by atoms with van der Waals surface area (Å²) in [7, 11) is 0. The molecule has 18 heavy (non-hydrogen) atoms. The van der Waals surface area contributed by atoms with Gasteiger partial charge in [-0.2, -0.15) is 5.26 Å². The summed E-state index contributed by atoms with van der Waals surface area (Å²) in [5, 5.41) is 11.6. The molecule has 1 heterocycles. The molecule has 0 bridgehead atoms. The van der Waals surface area contributed by atoms with Gasteiger partial charge >= 0.3 is 0 Å². The van der Waals surface area contributed by atoms with Gasteiger partial charge in [0.15, 0.2) is 0 Å². The highest BCUT2D eigenvalue weighted by atomic mass is 32.2. The lowest BCUT2D eigenvalue weighted by atomic mass is 10.1. The maximum absolute atomic E-state index is 9.22. The fourth-order valence-corrected chi connectivity index (χ4v) is 2.62. The number of hydrogen-bond acceptors (Lipinski definition) is 3. The normalized spacial score (nSPS) is 12.6. The lowest BCUT2D eigenvalue weighted by Crippen LogP contribution is -2.05. The van der Waals surface area contributed by atoms with Crippen LogP contribution in [-0.4, -0.2) is 10.2 Å². The van der Waals surface area contributed by atoms with Gasteiger partial charge in [-0.3, -0.25) is 0 Å². The van der Waals surface area contributed by atoms with E-state index in [1.807, 2.05) is 30.3 Å². The van der Waals surface area contributed by atoms with Crippen molar-refractivity contribution < 1.29 is 0 Å². The number of rotatable bonds is 3. The number of para-hydroxylation sites is 1. The Kier molecular flexibility index (Phi) is 3.88. The Labute approximate surface area is 112 Å². The van der Waals surface area contributed by atoms with Crippen molar-refractivity contribution in [1.29, 1.82) is 5.26 Å². The fourth-order valence-electron chi connectivity index (χ4n) is 1.63. The first-order valence-electron chi connectivity index (χ1n) is 6.08. The molecule has 2 nitrogen and oxygen atoms in total. The minimum Gasteiger partial charge on any atom is -0.241 e. The molecule has 1 unspecified atom stereocenters. The largest absolute Gasteiger partial charge is 0.241 e. The molecule has 0 fully saturated rings. The first kappa shape index (κ1) is 12.9. The second-order valence-electron chi connectivity index (χ2n) is 4.70. The van der Waals surface area contributed by atoms with Gasteiger partial charge in [0.25, 0.3) is 0 Å². The van der Waals surface area contributed by atoms with E-state index >= 15 is 0 Å². The molecule has 1 aromatic heterocycles. The van der Waals surface area contributed by atoms with E-state index in [0.717, 1.165) is 15.9 Å². The average molecular weight is 256 g/mol. The number of pyridine rings is 1. The van der Waals surface area contributed by atoms with Crippen LogP contribution in [0.4, 0.5) is 0 Å². The molecule has 1 aromatic carbocycles. The molecule has 3 heteroatoms. The van der Waals surface area contributed by atoms with Crippen molar-refractivity contribution in [3.63, 3.8) is 0 Å². The minimum atomic E-state index is 0.491. The Morgan fingerprint density at radius 1 is 1.22 bits per heavy atom. The van der Waals surface area contributed by atoms with E-state index in [2.05, 4.69) is 31.8 Å². The van der Waals surface area contributed by atoms with Gasteiger partial charge in [0.1, 0.15) is 0 Å². The first-order chi connectivity index (χ1) is 8.61. The van der Waals surface area contributed by atoms with Crippen LogP contribution in [0.15, 0.2) is 35.4 Å². The van der Waals surface area contributed by atoms with Crippen LogP contribution in [0.25, 0.3) is 10.9 Å². The molecule has 2 rings (SSSR count). The summed E-state index contributed by atoms with van der Waals surface area (Å²) in [5.41, 5.74) is 1.61. The van der Waals surface area contributed by atoms with Crippen LogP contribution in [0.5, 0.6) is 0 Å². The molecule has 0 saturated heterocycles. The highest BCUT2D eigenvalue weighted by Gasteiger charge is 2.12. The van der Waals surface area contributed by atoms with Gasteiger partial charge in [-0.1, -0.05) is 39.0 Å². The molecule has 0 spiro atoms. The van der Waals surface area contributed by atoms with Gasteiger partial charge < -0.3 is 0 Å². The summed E-state index contributed by atoms with van der Waals surface area (Å²) in [6.45, 7) is 6.59. The minimum absolute atomic E-state index is 0.491. The third-order valence-electron chi connectivity index (χ3n) is 3.06. The van der Waals surface area contributed by atoms with Gasteiger partial charge in [-0.25, -0.2) is 4.98 Å². The summed E-state index contributed by atoms with van der Waals surface area (Å²) in [4.78, 5) is 4.62. The summed E-state index contributed by atoms with van der Waals surface area (Å²) in [6.07, 6.45) is 0. The number of benzene rings is 1. The maximum Gasteiger partial charge on any atom is 0.0999 e. The van der Waals surface area contributed by atoms with Crippen LogP contribution in [0.3, 0.4) is 0 Å². The average Bonchev–Trinajstić information content (AvgIpc) is 2.37. The first-order valence-corrected chi connectivity index (χ1v) is 6.96. The van der Waals surface area contributed by atoms with E-state index in [9.17, 15) is 5.26 Å². The molecule has 0 saturated carbocycles. The van der Waals surface area contributed by atoms with Crippen LogP contribution >= 0.6 is 11.8 Å². The Morgan fingerprint density at radius 3 is 2.61 bits per heavy atom. The van der Waals surface area contributed by atoms with Crippen molar-refractivity contribution in [2.24, 2.45) is 5.92 Å². The van der Waals surface area contributed by atoms with E-state index in [0.29, 0.717) is 16.7 Å². The van der Waals surface area contributed by atoms with Gasteiger partial charge in [0.05, 0.1) is 22.2 Å². The number of nitrogens with zero attached hydrogens (tertiary/aromatic N) is 2. The quantitative estimate of drug-likeness (QED) is 0.771. The van der Waals surface area contributed by atoms with Crippen LogP contribution in [0.2, 0.25) is 0 Å². The summed E-state index contributed by atoms with van der Waals surface area (Å²) < 4.78 is 0. The molecule has 0 amide bonds. The van der Waals surface area contributed by atoms with Crippen LogP contribution in [-0.2, 0) is 0 Å². The molecule has 0 N–H and O–H groups in total. The summed E-state index contributed by atoms with van der Waals surface area (Å²) in [6, 6.07) is 12.0. The van der Waals surface area contributed by atoms with Crippen LogP contribution < -0.4 is 0 Å². The van der Waals surface area contributed by atoms with E-state index < -0.39 is 0 Å². The van der Waals surface area contributed by atoms with Crippen molar-refractivity contribution >= 4 is 22.7 Å². The van der Waals surface area contributed by atoms with Crippen molar-refractivity contribution in [1.82, 2.24) is 4.98 Å². The predicted molar refractivity (Wildman–Crippen MR) is 76.6 cm³/mol. The lowest BCUT2D eigenvalue weighted by Gasteiger charge is -2.14. The van der Waals surface area contributed by atoms with Crippen molar-refractivity contribution in [3.05, 3.63) is 35.9 Å². The lowest BCUT2D eigenvalue weighted by molar-refractivity contribution is 0.641. The van der Waals surface area contributed by atoms with Crippen LogP contribution in [0, 0.1) is 17.2 Å². The zero-order valence-corrected chi connectivity index (χ0v) is 11.7. The molecule has 0 radical (unpaired) electrons. The van der Waals surface area contributed by atoms with Gasteiger partial charge in [-0.15, -0.1) is 11.8 Å². The summed E-state index contributed by atoms with van der Waals surface area (Å²) >= 11 is 1.73. The molecule has 2 aromatic rings. The van der Waals surface area contributed by atoms with Crippen molar-refractivity contribution in [3.8, 4) is 6.07 Å². The molecule has 1 atom stereocenters. The molecule has 0 aliphatic rings. The van der Waals surface area contributed by atoms with E-state index in [1.165, 1.54) is 0 Å². The smallest absolute Gasteiger partial charge is 0.0999 e. The highest BCUT2D eigenvalue weighted by molar-refractivity contribution is 7.99. The molecule has 0 aliphatic carbocycles. The van der Waals surface area contributed by atoms with Crippen LogP contribution in [0.1, 0.15) is 26.3 Å². The number of hydrogen-bond donors (Lipinski definition) is 0. The molecule has 0 aliphatic heterocycles. The second kappa shape index (κ2) is 5.41. The van der Waals surface area contributed by atoms with E-state index in [4.69, 9.17) is 0 Å². The Hall–Kier alpha value is -1.53.